The second-order valence-electron chi connectivity index (χ2n) is 6.54. The number of carbonyl (C=O) groups excluding carboxylic acids is 3. The van der Waals surface area contributed by atoms with Crippen LogP contribution in [0.2, 0.25) is 0 Å². The Morgan fingerprint density at radius 1 is 1.19 bits per heavy atom. The van der Waals surface area contributed by atoms with E-state index >= 15 is 0 Å². The normalized spacial score (nSPS) is 22.4. The third-order valence-corrected chi connectivity index (χ3v) is 4.19. The Hall–Kier alpha value is -2.87. The van der Waals surface area contributed by atoms with Crippen molar-refractivity contribution >= 4 is 23.3 Å². The highest BCUT2D eigenvalue weighted by Gasteiger charge is 2.33. The predicted octanol–water partition coefficient (Wildman–Crippen LogP) is 1.09. The SMILES string of the molecule is C[C@H]1CN(C(=O)COC(=O)C2=C(Nc3ccccc3)OCC2=O)C[C@H](C)O1. The van der Waals surface area contributed by atoms with Gasteiger partial charge in [0.05, 0.1) is 12.2 Å². The minimum absolute atomic E-state index is 0.0391. The first-order chi connectivity index (χ1) is 12.9. The number of benzene rings is 1. The average Bonchev–Trinajstić information content (AvgIpc) is 2.99. The number of ether oxygens (including phenoxy) is 3. The van der Waals surface area contributed by atoms with Gasteiger partial charge in [0.2, 0.25) is 11.7 Å². The van der Waals surface area contributed by atoms with Crippen LogP contribution < -0.4 is 5.32 Å². The lowest BCUT2D eigenvalue weighted by molar-refractivity contribution is -0.155. The molecular weight excluding hydrogens is 352 g/mol. The molecule has 1 aromatic carbocycles. The van der Waals surface area contributed by atoms with E-state index in [9.17, 15) is 14.4 Å². The van der Waals surface area contributed by atoms with Crippen LogP contribution in [-0.4, -0.2) is 61.1 Å². The highest BCUT2D eigenvalue weighted by molar-refractivity contribution is 6.20. The van der Waals surface area contributed by atoms with Crippen molar-refractivity contribution in [3.63, 3.8) is 0 Å². The van der Waals surface area contributed by atoms with E-state index in [0.717, 1.165) is 0 Å². The highest BCUT2D eigenvalue weighted by atomic mass is 16.5. The minimum Gasteiger partial charge on any atom is -0.470 e. The summed E-state index contributed by atoms with van der Waals surface area (Å²) in [6.07, 6.45) is -0.162. The van der Waals surface area contributed by atoms with Crippen molar-refractivity contribution in [3.05, 3.63) is 41.8 Å². The van der Waals surface area contributed by atoms with Crippen LogP contribution in [0.4, 0.5) is 5.69 Å². The number of anilines is 1. The van der Waals surface area contributed by atoms with E-state index in [1.807, 2.05) is 19.9 Å². The fraction of sp³-hybridized carbons (Fsp3) is 0.421. The van der Waals surface area contributed by atoms with Crippen LogP contribution >= 0.6 is 0 Å². The number of Topliss-reactive ketones (excluding diaryl/α,β-unsaturated/α-hetero) is 1. The number of amides is 1. The maximum absolute atomic E-state index is 12.4. The molecule has 0 unspecified atom stereocenters. The molecule has 0 aliphatic carbocycles. The van der Waals surface area contributed by atoms with Gasteiger partial charge in [0.15, 0.2) is 18.8 Å². The van der Waals surface area contributed by atoms with Gasteiger partial charge in [0.25, 0.3) is 5.91 Å². The van der Waals surface area contributed by atoms with E-state index < -0.39 is 18.4 Å². The number of rotatable bonds is 5. The van der Waals surface area contributed by atoms with E-state index in [0.29, 0.717) is 18.8 Å². The van der Waals surface area contributed by atoms with Crippen molar-refractivity contribution in [2.45, 2.75) is 26.1 Å². The molecule has 2 aliphatic heterocycles. The van der Waals surface area contributed by atoms with Crippen LogP contribution in [0, 0.1) is 0 Å². The first-order valence-corrected chi connectivity index (χ1v) is 8.76. The van der Waals surface area contributed by atoms with Crippen LogP contribution in [0.25, 0.3) is 0 Å². The summed E-state index contributed by atoms with van der Waals surface area (Å²) in [7, 11) is 0. The number of para-hydroxylation sites is 1. The molecule has 2 heterocycles. The highest BCUT2D eigenvalue weighted by Crippen LogP contribution is 2.20. The summed E-state index contributed by atoms with van der Waals surface area (Å²) in [5.41, 5.74) is 0.454. The van der Waals surface area contributed by atoms with Crippen molar-refractivity contribution < 1.29 is 28.6 Å². The Morgan fingerprint density at radius 2 is 1.85 bits per heavy atom. The van der Waals surface area contributed by atoms with Crippen molar-refractivity contribution in [2.24, 2.45) is 0 Å². The molecular formula is C19H22N2O6. The standard InChI is InChI=1S/C19H22N2O6/c1-12-8-21(9-13(2)27-12)16(23)11-26-19(24)17-15(22)10-25-18(17)20-14-6-4-3-5-7-14/h3-7,12-13,20H,8-11H2,1-2H3/t12-,13-/m0/s1. The quantitative estimate of drug-likeness (QED) is 0.609. The van der Waals surface area contributed by atoms with E-state index in [-0.39, 0.29) is 36.2 Å². The van der Waals surface area contributed by atoms with Crippen LogP contribution in [0.5, 0.6) is 0 Å². The van der Waals surface area contributed by atoms with Gasteiger partial charge in [-0.1, -0.05) is 18.2 Å². The number of esters is 1. The molecule has 0 spiro atoms. The first-order valence-electron chi connectivity index (χ1n) is 8.76. The molecule has 1 aromatic rings. The van der Waals surface area contributed by atoms with Crippen LogP contribution in [0.1, 0.15) is 13.8 Å². The zero-order valence-electron chi connectivity index (χ0n) is 15.3. The van der Waals surface area contributed by atoms with Gasteiger partial charge in [-0.2, -0.15) is 0 Å². The van der Waals surface area contributed by atoms with Crippen LogP contribution in [0.15, 0.2) is 41.8 Å². The number of ketones is 1. The molecule has 2 aliphatic rings. The maximum Gasteiger partial charge on any atom is 0.347 e. The number of carbonyl (C=O) groups is 3. The lowest BCUT2D eigenvalue weighted by Crippen LogP contribution is -2.49. The Labute approximate surface area is 157 Å². The van der Waals surface area contributed by atoms with Gasteiger partial charge in [-0.25, -0.2) is 4.79 Å². The molecule has 8 heteroatoms. The maximum atomic E-state index is 12.4. The summed E-state index contributed by atoms with van der Waals surface area (Å²) in [5, 5.41) is 2.89. The fourth-order valence-corrected chi connectivity index (χ4v) is 3.04. The molecule has 27 heavy (non-hydrogen) atoms. The number of morpholine rings is 1. The fourth-order valence-electron chi connectivity index (χ4n) is 3.04. The van der Waals surface area contributed by atoms with Crippen LogP contribution in [-0.2, 0) is 28.6 Å². The van der Waals surface area contributed by atoms with E-state index in [1.165, 1.54) is 0 Å². The van der Waals surface area contributed by atoms with Gasteiger partial charge in [0, 0.05) is 18.8 Å². The second-order valence-corrected chi connectivity index (χ2v) is 6.54. The van der Waals surface area contributed by atoms with Gasteiger partial charge >= 0.3 is 5.97 Å². The van der Waals surface area contributed by atoms with Crippen molar-refractivity contribution in [2.75, 3.05) is 31.6 Å². The van der Waals surface area contributed by atoms with Gasteiger partial charge < -0.3 is 24.4 Å². The summed E-state index contributed by atoms with van der Waals surface area (Å²) in [5.74, 6) is -1.65. The molecule has 144 valence electrons. The average molecular weight is 374 g/mol. The van der Waals surface area contributed by atoms with Gasteiger partial charge in [-0.15, -0.1) is 0 Å². The van der Waals surface area contributed by atoms with Crippen molar-refractivity contribution in [1.82, 2.24) is 4.90 Å². The number of hydrogen-bond acceptors (Lipinski definition) is 7. The second kappa shape index (κ2) is 8.22. The molecule has 1 saturated heterocycles. The molecule has 0 saturated carbocycles. The van der Waals surface area contributed by atoms with Gasteiger partial charge in [0.1, 0.15) is 0 Å². The third-order valence-electron chi connectivity index (χ3n) is 4.19. The Balaban J connectivity index is 1.62. The molecule has 1 fully saturated rings. The Morgan fingerprint density at radius 3 is 2.52 bits per heavy atom. The summed E-state index contributed by atoms with van der Waals surface area (Å²) in [4.78, 5) is 38.3. The molecule has 2 atom stereocenters. The topological polar surface area (TPSA) is 94.2 Å². The van der Waals surface area contributed by atoms with Crippen molar-refractivity contribution in [1.29, 1.82) is 0 Å². The molecule has 1 N–H and O–H groups in total. The summed E-state index contributed by atoms with van der Waals surface area (Å²) in [6.45, 7) is 3.95. The Bertz CT molecular complexity index is 751. The molecule has 0 aromatic heterocycles. The van der Waals surface area contributed by atoms with Crippen LogP contribution in [0.3, 0.4) is 0 Å². The van der Waals surface area contributed by atoms with E-state index in [2.05, 4.69) is 5.32 Å². The molecule has 1 amide bonds. The predicted molar refractivity (Wildman–Crippen MR) is 95.6 cm³/mol. The smallest absolute Gasteiger partial charge is 0.347 e. The summed E-state index contributed by atoms with van der Waals surface area (Å²) < 4.78 is 15.9. The minimum atomic E-state index is -0.876. The first kappa shape index (κ1) is 18.9. The summed E-state index contributed by atoms with van der Waals surface area (Å²) in [6, 6.07) is 8.99. The van der Waals surface area contributed by atoms with E-state index in [1.54, 1.807) is 29.2 Å². The van der Waals surface area contributed by atoms with E-state index in [4.69, 9.17) is 14.2 Å². The largest absolute Gasteiger partial charge is 0.470 e. The van der Waals surface area contributed by atoms with Gasteiger partial charge in [-0.3, -0.25) is 9.59 Å². The lowest BCUT2D eigenvalue weighted by Gasteiger charge is -2.35. The Kier molecular flexibility index (Phi) is 5.75. The third kappa shape index (κ3) is 4.65. The molecule has 3 rings (SSSR count). The monoisotopic (exact) mass is 374 g/mol. The number of nitrogens with zero attached hydrogens (tertiary/aromatic N) is 1. The number of nitrogens with one attached hydrogen (secondary N) is 1. The van der Waals surface area contributed by atoms with Crippen molar-refractivity contribution in [3.8, 4) is 0 Å². The number of hydrogen-bond donors (Lipinski definition) is 1. The zero-order valence-corrected chi connectivity index (χ0v) is 15.3. The van der Waals surface area contributed by atoms with Gasteiger partial charge in [-0.05, 0) is 26.0 Å². The zero-order chi connectivity index (χ0) is 19.4. The molecule has 0 bridgehead atoms. The molecule has 8 nitrogen and oxygen atoms in total. The molecule has 0 radical (unpaired) electrons. The summed E-state index contributed by atoms with van der Waals surface area (Å²) >= 11 is 0. The lowest BCUT2D eigenvalue weighted by atomic mass is 10.2.